The van der Waals surface area contributed by atoms with Crippen LogP contribution in [0.25, 0.3) is 0 Å². The maximum atomic E-state index is 12.7. The Kier molecular flexibility index (Phi) is 4.75. The molecule has 0 radical (unpaired) electrons. The van der Waals surface area contributed by atoms with Crippen molar-refractivity contribution in [1.82, 2.24) is 10.2 Å². The minimum atomic E-state index is -0.586. The third-order valence-corrected chi connectivity index (χ3v) is 5.63. The van der Waals surface area contributed by atoms with Gasteiger partial charge in [0.05, 0.1) is 0 Å². The normalized spacial score (nSPS) is 21.6. The first kappa shape index (κ1) is 19.6. The zero-order valence-electron chi connectivity index (χ0n) is 17.1. The van der Waals surface area contributed by atoms with Gasteiger partial charge in [0.1, 0.15) is 5.57 Å². The molecule has 0 atom stereocenters. The minimum absolute atomic E-state index is 0.00317. The Bertz CT molecular complexity index is 982. The summed E-state index contributed by atoms with van der Waals surface area (Å²) in [6, 6.07) is 8.19. The molecule has 1 aromatic rings. The fourth-order valence-corrected chi connectivity index (χ4v) is 3.95. The van der Waals surface area contributed by atoms with Crippen LogP contribution in [0.15, 0.2) is 58.8 Å². The molecule has 2 heterocycles. The van der Waals surface area contributed by atoms with Crippen molar-refractivity contribution >= 4 is 23.4 Å². The van der Waals surface area contributed by atoms with Crippen LogP contribution in [0.2, 0.25) is 0 Å². The van der Waals surface area contributed by atoms with Gasteiger partial charge in [-0.2, -0.15) is 0 Å². The molecular weight excluding hydrogens is 354 g/mol. The summed E-state index contributed by atoms with van der Waals surface area (Å²) in [5.41, 5.74) is 3.86. The first-order valence-electron chi connectivity index (χ1n) is 9.14. The number of nitrogens with one attached hydrogen (secondary N) is 1. The number of benzene rings is 1. The number of fused-ring (bicyclic) bond motifs is 1. The highest BCUT2D eigenvalue weighted by atomic mass is 16.2. The van der Waals surface area contributed by atoms with Crippen LogP contribution >= 0.6 is 0 Å². The Labute approximate surface area is 165 Å². The molecule has 3 rings (SSSR count). The Morgan fingerprint density at radius 2 is 1.68 bits per heavy atom. The van der Waals surface area contributed by atoms with E-state index in [9.17, 15) is 14.4 Å². The van der Waals surface area contributed by atoms with E-state index in [1.165, 1.54) is 19.7 Å². The molecule has 146 valence electrons. The standard InChI is InChI=1S/C22H25N3O3/c1-13-14(20(27)25(6)21(28)18(13)19(26)23-4)11-12-17-22(2,3)15-9-7-8-10-16(15)24(17)5/h7-12H,1-6H3,(H,23,26)/b14-11-,17-12+. The number of anilines is 1. The van der Waals surface area contributed by atoms with Crippen LogP contribution in [0.1, 0.15) is 26.3 Å². The third-order valence-electron chi connectivity index (χ3n) is 5.63. The second-order valence-electron chi connectivity index (χ2n) is 7.58. The van der Waals surface area contributed by atoms with Gasteiger partial charge in [-0.1, -0.05) is 32.0 Å². The predicted octanol–water partition coefficient (Wildman–Crippen LogP) is 2.29. The minimum Gasteiger partial charge on any atom is -0.355 e. The summed E-state index contributed by atoms with van der Waals surface area (Å²) < 4.78 is 0. The topological polar surface area (TPSA) is 69.7 Å². The van der Waals surface area contributed by atoms with E-state index in [0.717, 1.165) is 16.3 Å². The molecule has 2 aliphatic rings. The van der Waals surface area contributed by atoms with Crippen LogP contribution in [0.5, 0.6) is 0 Å². The molecule has 0 saturated heterocycles. The van der Waals surface area contributed by atoms with E-state index in [1.54, 1.807) is 13.0 Å². The number of allylic oxidation sites excluding steroid dienone is 3. The van der Waals surface area contributed by atoms with Gasteiger partial charge in [-0.3, -0.25) is 19.3 Å². The van der Waals surface area contributed by atoms with Crippen molar-refractivity contribution in [3.63, 3.8) is 0 Å². The molecule has 0 spiro atoms. The van der Waals surface area contributed by atoms with E-state index in [2.05, 4.69) is 36.2 Å². The van der Waals surface area contributed by atoms with Gasteiger partial charge in [0.2, 0.25) is 0 Å². The SMILES string of the molecule is CNC(=O)C1=C(C)/C(=C/C=C2/N(C)c3ccccc3C2(C)C)C(=O)N(C)C1=O. The van der Waals surface area contributed by atoms with Crippen LogP contribution in [0, 0.1) is 0 Å². The van der Waals surface area contributed by atoms with E-state index in [4.69, 9.17) is 0 Å². The monoisotopic (exact) mass is 379 g/mol. The average molecular weight is 379 g/mol. The lowest BCUT2D eigenvalue weighted by molar-refractivity contribution is -0.139. The van der Waals surface area contributed by atoms with Gasteiger partial charge in [-0.05, 0) is 36.3 Å². The van der Waals surface area contributed by atoms with Crippen LogP contribution in [-0.4, -0.2) is 43.8 Å². The maximum absolute atomic E-state index is 12.7. The van der Waals surface area contributed by atoms with E-state index >= 15 is 0 Å². The molecule has 0 aromatic heterocycles. The molecular formula is C22H25N3O3. The molecule has 0 saturated carbocycles. The summed E-state index contributed by atoms with van der Waals surface area (Å²) in [6.07, 6.45) is 3.62. The Hall–Kier alpha value is -3.15. The Morgan fingerprint density at radius 1 is 1.04 bits per heavy atom. The van der Waals surface area contributed by atoms with Gasteiger partial charge in [-0.25, -0.2) is 0 Å². The smallest absolute Gasteiger partial charge is 0.266 e. The number of imide groups is 1. The number of hydrogen-bond donors (Lipinski definition) is 1. The molecule has 0 aliphatic carbocycles. The predicted molar refractivity (Wildman–Crippen MR) is 109 cm³/mol. The number of hydrogen-bond acceptors (Lipinski definition) is 4. The first-order valence-corrected chi connectivity index (χ1v) is 9.14. The number of carbonyl (C=O) groups is 3. The zero-order chi connectivity index (χ0) is 20.8. The van der Waals surface area contributed by atoms with Gasteiger partial charge >= 0.3 is 0 Å². The molecule has 2 aliphatic heterocycles. The lowest BCUT2D eigenvalue weighted by Crippen LogP contribution is -2.43. The van der Waals surface area contributed by atoms with E-state index in [0.29, 0.717) is 11.1 Å². The fraction of sp³-hybridized carbons (Fsp3) is 0.318. The lowest BCUT2D eigenvalue weighted by atomic mass is 9.83. The summed E-state index contributed by atoms with van der Waals surface area (Å²) in [5, 5.41) is 2.47. The quantitative estimate of drug-likeness (QED) is 0.486. The van der Waals surface area contributed by atoms with Crippen LogP contribution in [0.4, 0.5) is 5.69 Å². The van der Waals surface area contributed by atoms with Crippen LogP contribution in [-0.2, 0) is 19.8 Å². The van der Waals surface area contributed by atoms with Crippen molar-refractivity contribution in [2.24, 2.45) is 0 Å². The lowest BCUT2D eigenvalue weighted by Gasteiger charge is -2.26. The number of nitrogens with zero attached hydrogens (tertiary/aromatic N) is 2. The fourth-order valence-electron chi connectivity index (χ4n) is 3.95. The summed E-state index contributed by atoms with van der Waals surface area (Å²) in [4.78, 5) is 40.4. The molecule has 0 unspecified atom stereocenters. The van der Waals surface area contributed by atoms with Crippen molar-refractivity contribution in [2.45, 2.75) is 26.2 Å². The van der Waals surface area contributed by atoms with Crippen molar-refractivity contribution in [3.05, 3.63) is 64.4 Å². The summed E-state index contributed by atoms with van der Waals surface area (Å²) >= 11 is 0. The molecule has 3 amide bonds. The largest absolute Gasteiger partial charge is 0.355 e. The second-order valence-corrected chi connectivity index (χ2v) is 7.58. The van der Waals surface area contributed by atoms with Gasteiger partial charge in [0, 0.05) is 43.5 Å². The van der Waals surface area contributed by atoms with Crippen molar-refractivity contribution in [2.75, 3.05) is 26.0 Å². The molecule has 0 bridgehead atoms. The number of amides is 3. The summed E-state index contributed by atoms with van der Waals surface area (Å²) in [6.45, 7) is 5.91. The molecule has 1 aromatic carbocycles. The zero-order valence-corrected chi connectivity index (χ0v) is 17.1. The second kappa shape index (κ2) is 6.78. The van der Waals surface area contributed by atoms with Gasteiger partial charge in [-0.15, -0.1) is 0 Å². The highest BCUT2D eigenvalue weighted by molar-refractivity contribution is 6.28. The number of carbonyl (C=O) groups excluding carboxylic acids is 3. The summed E-state index contributed by atoms with van der Waals surface area (Å²) in [5.74, 6) is -1.49. The average Bonchev–Trinajstić information content (AvgIpc) is 2.86. The van der Waals surface area contributed by atoms with Crippen LogP contribution < -0.4 is 10.2 Å². The van der Waals surface area contributed by atoms with Crippen molar-refractivity contribution < 1.29 is 14.4 Å². The van der Waals surface area contributed by atoms with E-state index < -0.39 is 17.7 Å². The van der Waals surface area contributed by atoms with Gasteiger partial charge in [0.15, 0.2) is 0 Å². The Morgan fingerprint density at radius 3 is 2.29 bits per heavy atom. The van der Waals surface area contributed by atoms with Gasteiger partial charge in [0.25, 0.3) is 17.7 Å². The Balaban J connectivity index is 2.13. The third kappa shape index (κ3) is 2.76. The molecule has 6 heteroatoms. The van der Waals surface area contributed by atoms with E-state index in [1.807, 2.05) is 25.3 Å². The van der Waals surface area contributed by atoms with Crippen LogP contribution in [0.3, 0.4) is 0 Å². The maximum Gasteiger partial charge on any atom is 0.266 e. The molecule has 1 N–H and O–H groups in total. The number of likely N-dealkylation sites (N-methyl/N-ethyl adjacent to an activating group) is 3. The van der Waals surface area contributed by atoms with Crippen molar-refractivity contribution in [1.29, 1.82) is 0 Å². The number of para-hydroxylation sites is 1. The highest BCUT2D eigenvalue weighted by Crippen LogP contribution is 2.46. The van der Waals surface area contributed by atoms with Crippen molar-refractivity contribution in [3.8, 4) is 0 Å². The van der Waals surface area contributed by atoms with E-state index in [-0.39, 0.29) is 11.0 Å². The summed E-state index contributed by atoms with van der Waals surface area (Å²) in [7, 11) is 4.85. The highest BCUT2D eigenvalue weighted by Gasteiger charge is 2.39. The molecule has 28 heavy (non-hydrogen) atoms. The molecule has 0 fully saturated rings. The molecule has 6 nitrogen and oxygen atoms in total. The number of rotatable bonds is 2. The first-order chi connectivity index (χ1) is 13.1. The van der Waals surface area contributed by atoms with Gasteiger partial charge < -0.3 is 10.2 Å².